The number of hydrogen-bond acceptors (Lipinski definition) is 4. The highest BCUT2D eigenvalue weighted by atomic mass is 16.5. The normalized spacial score (nSPS) is 11.3. The molecule has 0 aliphatic carbocycles. The Morgan fingerprint density at radius 3 is 2.16 bits per heavy atom. The summed E-state index contributed by atoms with van der Waals surface area (Å²) in [5.74, 6) is 0.571. The maximum absolute atomic E-state index is 12.0. The highest BCUT2D eigenvalue weighted by molar-refractivity contribution is 5.85. The average Bonchev–Trinajstić information content (AvgIpc) is 2.62. The predicted molar refractivity (Wildman–Crippen MR) is 94.3 cm³/mol. The minimum absolute atomic E-state index is 0.150. The number of nitrogens with one attached hydrogen (secondary N) is 2. The van der Waals surface area contributed by atoms with Crippen molar-refractivity contribution in [1.29, 1.82) is 0 Å². The fourth-order valence-electron chi connectivity index (χ4n) is 2.08. The highest BCUT2D eigenvalue weighted by Crippen LogP contribution is 2.13. The van der Waals surface area contributed by atoms with Gasteiger partial charge < -0.3 is 9.47 Å². The predicted octanol–water partition coefficient (Wildman–Crippen LogP) is 2.16. The molecule has 1 unspecified atom stereocenters. The smallest absolute Gasteiger partial charge is 0.279 e. The van der Waals surface area contributed by atoms with E-state index in [9.17, 15) is 9.59 Å². The van der Waals surface area contributed by atoms with E-state index in [0.29, 0.717) is 5.75 Å². The molecule has 0 spiro atoms. The van der Waals surface area contributed by atoms with E-state index >= 15 is 0 Å². The molecule has 0 bridgehead atoms. The third kappa shape index (κ3) is 5.84. The number of hydrogen-bond donors (Lipinski definition) is 2. The fourth-order valence-corrected chi connectivity index (χ4v) is 2.08. The molecule has 1 atom stereocenters. The molecule has 2 amide bonds. The van der Waals surface area contributed by atoms with Gasteiger partial charge in [-0.25, -0.2) is 0 Å². The lowest BCUT2D eigenvalue weighted by molar-refractivity contribution is -0.132. The van der Waals surface area contributed by atoms with E-state index in [-0.39, 0.29) is 12.3 Å². The Balaban J connectivity index is 1.77. The summed E-state index contributed by atoms with van der Waals surface area (Å²) in [6.07, 6.45) is -0.582. The van der Waals surface area contributed by atoms with Crippen LogP contribution in [-0.4, -0.2) is 25.0 Å². The Kier molecular flexibility index (Phi) is 6.39. The van der Waals surface area contributed by atoms with E-state index in [4.69, 9.17) is 9.47 Å². The SMILES string of the molecule is COc1ccc(CC(=O)NNC(=O)C(C)Oc2ccc(C)cc2)cc1. The Morgan fingerprint density at radius 2 is 1.56 bits per heavy atom. The van der Waals surface area contributed by atoms with Gasteiger partial charge in [0.15, 0.2) is 6.10 Å². The van der Waals surface area contributed by atoms with Crippen LogP contribution in [0.15, 0.2) is 48.5 Å². The number of aryl methyl sites for hydroxylation is 1. The zero-order valence-electron chi connectivity index (χ0n) is 14.5. The van der Waals surface area contributed by atoms with E-state index in [2.05, 4.69) is 10.9 Å². The van der Waals surface area contributed by atoms with Gasteiger partial charge in [0.05, 0.1) is 13.5 Å². The summed E-state index contributed by atoms with van der Waals surface area (Å²) in [5, 5.41) is 0. The van der Waals surface area contributed by atoms with Gasteiger partial charge in [-0.3, -0.25) is 20.4 Å². The number of ether oxygens (including phenoxy) is 2. The van der Waals surface area contributed by atoms with Crippen molar-refractivity contribution in [1.82, 2.24) is 10.9 Å². The topological polar surface area (TPSA) is 76.7 Å². The highest BCUT2D eigenvalue weighted by Gasteiger charge is 2.15. The largest absolute Gasteiger partial charge is 0.497 e. The second-order valence-corrected chi connectivity index (χ2v) is 5.64. The lowest BCUT2D eigenvalue weighted by Gasteiger charge is -2.15. The summed E-state index contributed by atoms with van der Waals surface area (Å²) in [6.45, 7) is 3.59. The second-order valence-electron chi connectivity index (χ2n) is 5.64. The number of carbonyl (C=O) groups is 2. The third-order valence-electron chi connectivity index (χ3n) is 3.55. The average molecular weight is 342 g/mol. The van der Waals surface area contributed by atoms with Crippen molar-refractivity contribution in [3.05, 3.63) is 59.7 Å². The van der Waals surface area contributed by atoms with Crippen LogP contribution in [0.5, 0.6) is 11.5 Å². The Hall–Kier alpha value is -3.02. The van der Waals surface area contributed by atoms with Crippen molar-refractivity contribution in [3.63, 3.8) is 0 Å². The number of rotatable bonds is 6. The number of carbonyl (C=O) groups excluding carboxylic acids is 2. The van der Waals surface area contributed by atoms with Crippen LogP contribution in [0.2, 0.25) is 0 Å². The number of benzene rings is 2. The molecule has 6 heteroatoms. The maximum atomic E-state index is 12.0. The molecular weight excluding hydrogens is 320 g/mol. The van der Waals surface area contributed by atoms with Gasteiger partial charge in [0, 0.05) is 0 Å². The summed E-state index contributed by atoms with van der Waals surface area (Å²) >= 11 is 0. The summed E-state index contributed by atoms with van der Waals surface area (Å²) in [6, 6.07) is 14.5. The van der Waals surface area contributed by atoms with E-state index in [1.807, 2.05) is 19.1 Å². The molecule has 6 nitrogen and oxygen atoms in total. The minimum Gasteiger partial charge on any atom is -0.497 e. The molecule has 0 heterocycles. The number of amides is 2. The van der Waals surface area contributed by atoms with Gasteiger partial charge in [-0.15, -0.1) is 0 Å². The number of methoxy groups -OCH3 is 1. The van der Waals surface area contributed by atoms with Crippen molar-refractivity contribution in [2.45, 2.75) is 26.4 Å². The molecule has 2 N–H and O–H groups in total. The first-order valence-electron chi connectivity index (χ1n) is 7.93. The lowest BCUT2D eigenvalue weighted by atomic mass is 10.1. The van der Waals surface area contributed by atoms with Crippen LogP contribution >= 0.6 is 0 Å². The molecule has 2 aromatic carbocycles. The molecule has 132 valence electrons. The molecule has 0 aliphatic heterocycles. The zero-order valence-corrected chi connectivity index (χ0v) is 14.5. The van der Waals surface area contributed by atoms with Crippen LogP contribution in [0.3, 0.4) is 0 Å². The molecule has 0 aromatic heterocycles. The molecule has 2 aromatic rings. The molecular formula is C19H22N2O4. The Morgan fingerprint density at radius 1 is 0.960 bits per heavy atom. The molecule has 2 rings (SSSR count). The van der Waals surface area contributed by atoms with Crippen LogP contribution in [0.4, 0.5) is 0 Å². The Labute approximate surface area is 147 Å². The van der Waals surface area contributed by atoms with Gasteiger partial charge in [-0.2, -0.15) is 0 Å². The summed E-state index contributed by atoms with van der Waals surface area (Å²) in [5.41, 5.74) is 6.68. The van der Waals surface area contributed by atoms with Crippen LogP contribution in [0.25, 0.3) is 0 Å². The first-order chi connectivity index (χ1) is 12.0. The monoisotopic (exact) mass is 342 g/mol. The number of hydrazine groups is 1. The Bertz CT molecular complexity index is 711. The van der Waals surface area contributed by atoms with Gasteiger partial charge in [-0.1, -0.05) is 29.8 Å². The third-order valence-corrected chi connectivity index (χ3v) is 3.55. The van der Waals surface area contributed by atoms with Crippen molar-refractivity contribution in [2.75, 3.05) is 7.11 Å². The molecule has 0 saturated heterocycles. The summed E-state index contributed by atoms with van der Waals surface area (Å²) < 4.78 is 10.6. The van der Waals surface area contributed by atoms with E-state index in [1.165, 1.54) is 0 Å². The molecule has 25 heavy (non-hydrogen) atoms. The van der Waals surface area contributed by atoms with Crippen molar-refractivity contribution in [3.8, 4) is 11.5 Å². The van der Waals surface area contributed by atoms with E-state index in [0.717, 1.165) is 16.9 Å². The van der Waals surface area contributed by atoms with E-state index in [1.54, 1.807) is 50.4 Å². The van der Waals surface area contributed by atoms with Crippen LogP contribution in [-0.2, 0) is 16.0 Å². The molecule has 0 fully saturated rings. The first kappa shape index (κ1) is 18.3. The quantitative estimate of drug-likeness (QED) is 0.789. The van der Waals surface area contributed by atoms with Gasteiger partial charge in [0.2, 0.25) is 5.91 Å². The van der Waals surface area contributed by atoms with Crippen molar-refractivity contribution >= 4 is 11.8 Å². The second kappa shape index (κ2) is 8.73. The van der Waals surface area contributed by atoms with Gasteiger partial charge in [-0.05, 0) is 43.7 Å². The van der Waals surface area contributed by atoms with Crippen LogP contribution in [0, 0.1) is 6.92 Å². The van der Waals surface area contributed by atoms with Crippen molar-refractivity contribution < 1.29 is 19.1 Å². The first-order valence-corrected chi connectivity index (χ1v) is 7.93. The van der Waals surface area contributed by atoms with E-state index < -0.39 is 12.0 Å². The minimum atomic E-state index is -0.732. The van der Waals surface area contributed by atoms with Gasteiger partial charge in [0.25, 0.3) is 5.91 Å². The zero-order chi connectivity index (χ0) is 18.2. The molecule has 0 aliphatic rings. The van der Waals surface area contributed by atoms with Gasteiger partial charge >= 0.3 is 0 Å². The molecule has 0 radical (unpaired) electrons. The standard InChI is InChI=1S/C19H22N2O4/c1-13-4-8-17(9-5-13)25-14(2)19(23)21-20-18(22)12-15-6-10-16(24-3)11-7-15/h4-11,14H,12H2,1-3H3,(H,20,22)(H,21,23). The van der Waals surface area contributed by atoms with Gasteiger partial charge in [0.1, 0.15) is 11.5 Å². The molecule has 0 saturated carbocycles. The summed E-state index contributed by atoms with van der Waals surface area (Å²) in [7, 11) is 1.58. The summed E-state index contributed by atoms with van der Waals surface area (Å²) in [4.78, 5) is 23.9. The van der Waals surface area contributed by atoms with Crippen LogP contribution in [0.1, 0.15) is 18.1 Å². The fraction of sp³-hybridized carbons (Fsp3) is 0.263. The van der Waals surface area contributed by atoms with Crippen molar-refractivity contribution in [2.24, 2.45) is 0 Å². The maximum Gasteiger partial charge on any atom is 0.279 e. The lowest BCUT2D eigenvalue weighted by Crippen LogP contribution is -2.47. The van der Waals surface area contributed by atoms with Crippen LogP contribution < -0.4 is 20.3 Å².